The van der Waals surface area contributed by atoms with Gasteiger partial charge in [0.05, 0.1) is 11.0 Å². The SMILES string of the molecule is O=C1Nc2ccc(S(=O)(=O)NC[C@H]3CCCO3)c3cccc1c23. The highest BCUT2D eigenvalue weighted by molar-refractivity contribution is 7.89. The topological polar surface area (TPSA) is 84.5 Å². The molecule has 1 atom stereocenters. The second-order valence-corrected chi connectivity index (χ2v) is 7.52. The van der Waals surface area contributed by atoms with Crippen molar-refractivity contribution in [3.63, 3.8) is 0 Å². The van der Waals surface area contributed by atoms with Crippen molar-refractivity contribution in [1.82, 2.24) is 4.72 Å². The fourth-order valence-electron chi connectivity index (χ4n) is 3.18. The fraction of sp³-hybridized carbons (Fsp3) is 0.312. The third-order valence-electron chi connectivity index (χ3n) is 4.31. The third-order valence-corrected chi connectivity index (χ3v) is 5.79. The number of nitrogens with one attached hydrogen (secondary N) is 2. The third kappa shape index (κ3) is 2.41. The molecule has 2 heterocycles. The summed E-state index contributed by atoms with van der Waals surface area (Å²) in [6.07, 6.45) is 1.76. The van der Waals surface area contributed by atoms with Crippen LogP contribution in [0.1, 0.15) is 23.2 Å². The maximum atomic E-state index is 12.7. The molecule has 0 aromatic heterocycles. The van der Waals surface area contributed by atoms with E-state index in [0.717, 1.165) is 12.8 Å². The summed E-state index contributed by atoms with van der Waals surface area (Å²) in [5.74, 6) is -0.201. The molecule has 2 aromatic rings. The molecule has 0 aliphatic carbocycles. The molecule has 0 radical (unpaired) electrons. The summed E-state index contributed by atoms with van der Waals surface area (Å²) < 4.78 is 33.4. The van der Waals surface area contributed by atoms with E-state index in [1.165, 1.54) is 6.07 Å². The predicted molar refractivity (Wildman–Crippen MR) is 86.1 cm³/mol. The van der Waals surface area contributed by atoms with Crippen LogP contribution in [0.3, 0.4) is 0 Å². The average molecular weight is 332 g/mol. The molecular weight excluding hydrogens is 316 g/mol. The molecule has 2 aromatic carbocycles. The van der Waals surface area contributed by atoms with E-state index in [9.17, 15) is 13.2 Å². The Labute approximate surface area is 133 Å². The molecule has 6 nitrogen and oxygen atoms in total. The average Bonchev–Trinajstić information content (AvgIpc) is 3.16. The van der Waals surface area contributed by atoms with E-state index in [4.69, 9.17) is 4.74 Å². The number of rotatable bonds is 4. The summed E-state index contributed by atoms with van der Waals surface area (Å²) in [6, 6.07) is 8.29. The molecule has 0 bridgehead atoms. The quantitative estimate of drug-likeness (QED) is 0.895. The summed E-state index contributed by atoms with van der Waals surface area (Å²) in [4.78, 5) is 12.1. The lowest BCUT2D eigenvalue weighted by molar-refractivity contribution is 0.103. The van der Waals surface area contributed by atoms with Crippen LogP contribution >= 0.6 is 0 Å². The standard InChI is InChI=1S/C16H16N2O4S/c19-16-12-5-1-4-11-14(7-6-13(18-16)15(11)12)23(20,21)17-9-10-3-2-8-22-10/h1,4-7,10,17H,2-3,8-9H2,(H,18,19)/t10-/m1/s1. The molecule has 23 heavy (non-hydrogen) atoms. The molecule has 120 valence electrons. The lowest BCUT2D eigenvalue weighted by Crippen LogP contribution is -2.31. The Hall–Kier alpha value is -1.96. The first-order valence-corrected chi connectivity index (χ1v) is 9.03. The zero-order valence-corrected chi connectivity index (χ0v) is 13.2. The first-order chi connectivity index (χ1) is 11.1. The Morgan fingerprint density at radius 3 is 2.91 bits per heavy atom. The van der Waals surface area contributed by atoms with Gasteiger partial charge in [-0.25, -0.2) is 13.1 Å². The second kappa shape index (κ2) is 5.30. The molecule has 0 unspecified atom stereocenters. The molecule has 2 N–H and O–H groups in total. The van der Waals surface area contributed by atoms with Gasteiger partial charge in [0.25, 0.3) is 5.91 Å². The number of amides is 1. The Bertz CT molecular complexity index is 902. The van der Waals surface area contributed by atoms with Crippen molar-refractivity contribution in [2.75, 3.05) is 18.5 Å². The molecule has 0 spiro atoms. The van der Waals surface area contributed by atoms with Crippen LogP contribution in [0, 0.1) is 0 Å². The zero-order chi connectivity index (χ0) is 16.0. The van der Waals surface area contributed by atoms with Gasteiger partial charge < -0.3 is 10.1 Å². The van der Waals surface area contributed by atoms with Crippen LogP contribution in [-0.4, -0.2) is 33.6 Å². The minimum absolute atomic E-state index is 0.0650. The van der Waals surface area contributed by atoms with Gasteiger partial charge in [0.1, 0.15) is 0 Å². The smallest absolute Gasteiger partial charge is 0.256 e. The largest absolute Gasteiger partial charge is 0.377 e. The zero-order valence-electron chi connectivity index (χ0n) is 12.3. The summed E-state index contributed by atoms with van der Waals surface area (Å²) >= 11 is 0. The van der Waals surface area contributed by atoms with Crippen LogP contribution in [-0.2, 0) is 14.8 Å². The lowest BCUT2D eigenvalue weighted by atomic mass is 10.1. The van der Waals surface area contributed by atoms with Crippen molar-refractivity contribution in [3.8, 4) is 0 Å². The van der Waals surface area contributed by atoms with Crippen LogP contribution in [0.5, 0.6) is 0 Å². The molecule has 1 amide bonds. The van der Waals surface area contributed by atoms with E-state index < -0.39 is 10.0 Å². The summed E-state index contributed by atoms with van der Waals surface area (Å²) in [5.41, 5.74) is 1.16. The molecular formula is C16H16N2O4S. The molecule has 7 heteroatoms. The van der Waals surface area contributed by atoms with Crippen LogP contribution < -0.4 is 10.0 Å². The van der Waals surface area contributed by atoms with E-state index in [1.54, 1.807) is 24.3 Å². The van der Waals surface area contributed by atoms with E-state index in [2.05, 4.69) is 10.0 Å². The fourth-order valence-corrected chi connectivity index (χ4v) is 4.45. The van der Waals surface area contributed by atoms with Crippen LogP contribution in [0.15, 0.2) is 35.2 Å². The highest BCUT2D eigenvalue weighted by Gasteiger charge is 2.27. The van der Waals surface area contributed by atoms with E-state index >= 15 is 0 Å². The van der Waals surface area contributed by atoms with Gasteiger partial charge in [0, 0.05) is 35.2 Å². The maximum Gasteiger partial charge on any atom is 0.256 e. The van der Waals surface area contributed by atoms with Gasteiger partial charge in [-0.3, -0.25) is 4.79 Å². The minimum atomic E-state index is -3.67. The van der Waals surface area contributed by atoms with E-state index in [0.29, 0.717) is 28.6 Å². The van der Waals surface area contributed by atoms with E-state index in [1.807, 2.05) is 0 Å². The molecule has 4 rings (SSSR count). The van der Waals surface area contributed by atoms with Gasteiger partial charge in [0.2, 0.25) is 10.0 Å². The Morgan fingerprint density at radius 1 is 1.26 bits per heavy atom. The molecule has 0 saturated carbocycles. The number of hydrogen-bond donors (Lipinski definition) is 2. The summed E-state index contributed by atoms with van der Waals surface area (Å²) in [5, 5.41) is 3.97. The van der Waals surface area contributed by atoms with Gasteiger partial charge in [-0.15, -0.1) is 0 Å². The Kier molecular flexibility index (Phi) is 3.37. The minimum Gasteiger partial charge on any atom is -0.377 e. The monoisotopic (exact) mass is 332 g/mol. The Morgan fingerprint density at radius 2 is 2.13 bits per heavy atom. The van der Waals surface area contributed by atoms with Crippen molar-refractivity contribution in [2.45, 2.75) is 23.8 Å². The molecule has 2 aliphatic heterocycles. The molecule has 2 aliphatic rings. The van der Waals surface area contributed by atoms with Gasteiger partial charge in [-0.2, -0.15) is 0 Å². The molecule has 1 saturated heterocycles. The number of benzene rings is 2. The Balaban J connectivity index is 1.74. The maximum absolute atomic E-state index is 12.7. The van der Waals surface area contributed by atoms with Crippen LogP contribution in [0.2, 0.25) is 0 Å². The van der Waals surface area contributed by atoms with Crippen molar-refractivity contribution in [3.05, 3.63) is 35.9 Å². The second-order valence-electron chi connectivity index (χ2n) is 5.78. The summed E-state index contributed by atoms with van der Waals surface area (Å²) in [7, 11) is -3.67. The van der Waals surface area contributed by atoms with Gasteiger partial charge in [-0.1, -0.05) is 12.1 Å². The first kappa shape index (κ1) is 14.6. The number of anilines is 1. The highest BCUT2D eigenvalue weighted by atomic mass is 32.2. The lowest BCUT2D eigenvalue weighted by Gasteiger charge is -2.13. The number of hydrogen-bond acceptors (Lipinski definition) is 4. The van der Waals surface area contributed by atoms with Crippen molar-refractivity contribution < 1.29 is 17.9 Å². The highest BCUT2D eigenvalue weighted by Crippen LogP contribution is 2.36. The van der Waals surface area contributed by atoms with Gasteiger partial charge >= 0.3 is 0 Å². The number of carbonyl (C=O) groups is 1. The van der Waals surface area contributed by atoms with Crippen molar-refractivity contribution in [1.29, 1.82) is 0 Å². The number of sulfonamides is 1. The summed E-state index contributed by atoms with van der Waals surface area (Å²) in [6.45, 7) is 0.948. The van der Waals surface area contributed by atoms with Crippen LogP contribution in [0.4, 0.5) is 5.69 Å². The van der Waals surface area contributed by atoms with Crippen molar-refractivity contribution >= 4 is 32.4 Å². The van der Waals surface area contributed by atoms with E-state index in [-0.39, 0.29) is 23.5 Å². The van der Waals surface area contributed by atoms with Crippen LogP contribution in [0.25, 0.3) is 10.8 Å². The number of carbonyl (C=O) groups excluding carboxylic acids is 1. The first-order valence-electron chi connectivity index (χ1n) is 7.54. The van der Waals surface area contributed by atoms with Gasteiger partial charge in [-0.05, 0) is 31.0 Å². The van der Waals surface area contributed by atoms with Crippen molar-refractivity contribution in [2.24, 2.45) is 0 Å². The van der Waals surface area contributed by atoms with Gasteiger partial charge in [0.15, 0.2) is 0 Å². The molecule has 1 fully saturated rings. The predicted octanol–water partition coefficient (Wildman–Crippen LogP) is 1.86. The number of ether oxygens (including phenoxy) is 1. The normalized spacial score (nSPS) is 20.2.